The summed E-state index contributed by atoms with van der Waals surface area (Å²) in [5.41, 5.74) is 2.13. The molecule has 9 heteroatoms. The molecule has 2 fully saturated rings. The highest BCUT2D eigenvalue weighted by Gasteiger charge is 2.40. The Hall–Kier alpha value is -3.88. The van der Waals surface area contributed by atoms with Crippen LogP contribution < -0.4 is 5.32 Å². The molecule has 3 atom stereocenters. The van der Waals surface area contributed by atoms with E-state index in [2.05, 4.69) is 17.4 Å². The number of ether oxygens (including phenoxy) is 1. The van der Waals surface area contributed by atoms with Crippen molar-refractivity contribution in [2.75, 3.05) is 26.2 Å². The number of Topliss-reactive ketones (excluding diaryl/α,β-unsaturated/α-hetero) is 1. The topological polar surface area (TPSA) is 116 Å². The van der Waals surface area contributed by atoms with E-state index in [1.54, 1.807) is 0 Å². The predicted molar refractivity (Wildman–Crippen MR) is 154 cm³/mol. The van der Waals surface area contributed by atoms with Crippen LogP contribution >= 0.6 is 0 Å². The number of carboxylic acid groups (broad SMARTS) is 1. The summed E-state index contributed by atoms with van der Waals surface area (Å²) in [6, 6.07) is 18.9. The molecule has 41 heavy (non-hydrogen) atoms. The highest BCUT2D eigenvalue weighted by atomic mass is 16.5. The van der Waals surface area contributed by atoms with Gasteiger partial charge in [-0.1, -0.05) is 67.1 Å². The average molecular weight is 564 g/mol. The zero-order chi connectivity index (χ0) is 29.0. The van der Waals surface area contributed by atoms with E-state index in [1.807, 2.05) is 53.4 Å². The number of hydrogen-bond donors (Lipinski definition) is 2. The largest absolute Gasteiger partial charge is 0.465 e. The molecule has 2 aliphatic rings. The molecule has 0 unspecified atom stereocenters. The first-order chi connectivity index (χ1) is 19.9. The van der Waals surface area contributed by atoms with Crippen LogP contribution in [0.4, 0.5) is 9.59 Å². The number of hydrogen-bond acceptors (Lipinski definition) is 5. The number of amides is 3. The Labute approximate surface area is 241 Å². The summed E-state index contributed by atoms with van der Waals surface area (Å²) >= 11 is 0. The van der Waals surface area contributed by atoms with E-state index >= 15 is 0 Å². The summed E-state index contributed by atoms with van der Waals surface area (Å²) < 4.78 is 5.18. The molecule has 2 N–H and O–H groups in total. The minimum Gasteiger partial charge on any atom is -0.465 e. The van der Waals surface area contributed by atoms with E-state index in [1.165, 1.54) is 10.5 Å². The van der Waals surface area contributed by atoms with E-state index in [0.29, 0.717) is 51.7 Å². The van der Waals surface area contributed by atoms with E-state index in [0.717, 1.165) is 24.8 Å². The lowest BCUT2D eigenvalue weighted by Gasteiger charge is -2.38. The van der Waals surface area contributed by atoms with Crippen LogP contribution in [-0.2, 0) is 20.9 Å². The van der Waals surface area contributed by atoms with Gasteiger partial charge in [0.2, 0.25) is 5.91 Å². The zero-order valence-electron chi connectivity index (χ0n) is 23.6. The van der Waals surface area contributed by atoms with E-state index in [-0.39, 0.29) is 36.7 Å². The molecule has 2 aliphatic heterocycles. The number of nitrogens with zero attached hydrogens (tertiary/aromatic N) is 2. The van der Waals surface area contributed by atoms with E-state index in [4.69, 9.17) is 4.74 Å². The molecule has 0 spiro atoms. The molecule has 0 aromatic heterocycles. The Bertz CT molecular complexity index is 1160. The van der Waals surface area contributed by atoms with Crippen LogP contribution in [0.25, 0.3) is 0 Å². The first kappa shape index (κ1) is 30.1. The van der Waals surface area contributed by atoms with Crippen molar-refractivity contribution < 1.29 is 29.0 Å². The summed E-state index contributed by atoms with van der Waals surface area (Å²) in [5.74, 6) is 0.203. The van der Waals surface area contributed by atoms with E-state index in [9.17, 15) is 24.3 Å². The fourth-order valence-corrected chi connectivity index (χ4v) is 5.86. The zero-order valence-corrected chi connectivity index (χ0v) is 23.6. The standard InChI is InChI=1S/C32H41N3O6/c36-28(14-8-3-9-18-33-31(38)41-23-24-10-4-1-5-11-24)20-25-15-16-29(35(21-25)32(39)40)30(37)34-19-17-27(22-34)26-12-6-2-7-13-26/h1-2,4-7,10-13,25,27,29H,3,8-9,14-23H2,(H,33,38)(H,39,40)/t25-,27-,29-/m0/s1. The molecule has 0 radical (unpaired) electrons. The highest BCUT2D eigenvalue weighted by Crippen LogP contribution is 2.31. The van der Waals surface area contributed by atoms with Crippen LogP contribution in [0.15, 0.2) is 60.7 Å². The van der Waals surface area contributed by atoms with Gasteiger partial charge < -0.3 is 20.1 Å². The molecular formula is C32H41N3O6. The minimum absolute atomic E-state index is 0.0700. The normalized spacial score (nSPS) is 20.4. The molecule has 220 valence electrons. The van der Waals surface area contributed by atoms with Crippen molar-refractivity contribution >= 4 is 23.9 Å². The van der Waals surface area contributed by atoms with Crippen LogP contribution in [0.5, 0.6) is 0 Å². The van der Waals surface area contributed by atoms with Gasteiger partial charge in [-0.05, 0) is 49.1 Å². The van der Waals surface area contributed by atoms with Gasteiger partial charge >= 0.3 is 12.2 Å². The highest BCUT2D eigenvalue weighted by molar-refractivity contribution is 5.86. The average Bonchev–Trinajstić information content (AvgIpc) is 3.49. The Kier molecular flexibility index (Phi) is 11.2. The molecule has 3 amide bonds. The fraction of sp³-hybridized carbons (Fsp3) is 0.500. The smallest absolute Gasteiger partial charge is 0.407 e. The van der Waals surface area contributed by atoms with Gasteiger partial charge in [0, 0.05) is 44.9 Å². The summed E-state index contributed by atoms with van der Waals surface area (Å²) in [4.78, 5) is 52.9. The van der Waals surface area contributed by atoms with Gasteiger partial charge in [0.05, 0.1) is 0 Å². The quantitative estimate of drug-likeness (QED) is 0.343. The van der Waals surface area contributed by atoms with Crippen molar-refractivity contribution in [2.45, 2.75) is 69.9 Å². The molecule has 2 heterocycles. The number of piperidine rings is 1. The molecule has 4 rings (SSSR count). The summed E-state index contributed by atoms with van der Waals surface area (Å²) in [7, 11) is 0. The van der Waals surface area contributed by atoms with Crippen LogP contribution in [0, 0.1) is 5.92 Å². The number of unbranched alkanes of at least 4 members (excludes halogenated alkanes) is 2. The van der Waals surface area contributed by atoms with Crippen molar-refractivity contribution in [3.05, 3.63) is 71.8 Å². The lowest BCUT2D eigenvalue weighted by Crippen LogP contribution is -2.54. The van der Waals surface area contributed by atoms with Gasteiger partial charge in [0.15, 0.2) is 0 Å². The number of rotatable bonds is 12. The molecule has 0 aliphatic carbocycles. The number of carbonyl (C=O) groups is 4. The maximum Gasteiger partial charge on any atom is 0.407 e. The summed E-state index contributed by atoms with van der Waals surface area (Å²) in [6.45, 7) is 2.16. The van der Waals surface area contributed by atoms with Crippen LogP contribution in [-0.4, -0.2) is 71.0 Å². The third-order valence-electron chi connectivity index (χ3n) is 8.11. The number of nitrogens with one attached hydrogen (secondary N) is 1. The van der Waals surface area contributed by atoms with Gasteiger partial charge in [0.1, 0.15) is 18.4 Å². The Morgan fingerprint density at radius 2 is 1.61 bits per heavy atom. The van der Waals surface area contributed by atoms with Crippen LogP contribution in [0.3, 0.4) is 0 Å². The Morgan fingerprint density at radius 3 is 2.34 bits per heavy atom. The van der Waals surface area contributed by atoms with Gasteiger partial charge in [0.25, 0.3) is 0 Å². The van der Waals surface area contributed by atoms with Gasteiger partial charge in [-0.15, -0.1) is 0 Å². The Balaban J connectivity index is 1.12. The first-order valence-electron chi connectivity index (χ1n) is 14.7. The Morgan fingerprint density at radius 1 is 0.878 bits per heavy atom. The molecule has 0 saturated carbocycles. The maximum absolute atomic E-state index is 13.3. The molecule has 2 aromatic carbocycles. The van der Waals surface area contributed by atoms with Crippen molar-refractivity contribution in [1.29, 1.82) is 0 Å². The fourth-order valence-electron chi connectivity index (χ4n) is 5.86. The number of carbonyl (C=O) groups excluding carboxylic acids is 3. The number of alkyl carbamates (subject to hydrolysis) is 1. The van der Waals surface area contributed by atoms with Crippen molar-refractivity contribution in [2.24, 2.45) is 5.92 Å². The molecule has 0 bridgehead atoms. The third-order valence-corrected chi connectivity index (χ3v) is 8.11. The lowest BCUT2D eigenvalue weighted by atomic mass is 9.88. The SMILES string of the molecule is O=C(CCCCCNC(=O)OCc1ccccc1)C[C@@H]1CC[C@@H](C(=O)N2CC[C@H](c3ccccc3)C2)N(C(=O)O)C1. The van der Waals surface area contributed by atoms with Crippen molar-refractivity contribution in [3.63, 3.8) is 0 Å². The van der Waals surface area contributed by atoms with Crippen LogP contribution in [0.2, 0.25) is 0 Å². The van der Waals surface area contributed by atoms with E-state index < -0.39 is 18.2 Å². The third kappa shape index (κ3) is 9.06. The number of benzene rings is 2. The summed E-state index contributed by atoms with van der Waals surface area (Å²) in [6.07, 6.45) is 3.44. The van der Waals surface area contributed by atoms with Gasteiger partial charge in [-0.3, -0.25) is 14.5 Å². The molecule has 2 aromatic rings. The van der Waals surface area contributed by atoms with Crippen molar-refractivity contribution in [3.8, 4) is 0 Å². The molecular weight excluding hydrogens is 522 g/mol. The minimum atomic E-state index is -1.10. The summed E-state index contributed by atoms with van der Waals surface area (Å²) in [5, 5.41) is 12.6. The first-order valence-corrected chi connectivity index (χ1v) is 14.7. The molecule has 9 nitrogen and oxygen atoms in total. The second-order valence-electron chi connectivity index (χ2n) is 11.1. The van der Waals surface area contributed by atoms with Crippen molar-refractivity contribution in [1.82, 2.24) is 15.1 Å². The number of likely N-dealkylation sites (tertiary alicyclic amines) is 2. The van der Waals surface area contributed by atoms with Gasteiger partial charge in [-0.25, -0.2) is 9.59 Å². The predicted octanol–water partition coefficient (Wildman–Crippen LogP) is 5.21. The monoisotopic (exact) mass is 563 g/mol. The molecule has 2 saturated heterocycles. The lowest BCUT2D eigenvalue weighted by molar-refractivity contribution is -0.137. The van der Waals surface area contributed by atoms with Gasteiger partial charge in [-0.2, -0.15) is 0 Å². The van der Waals surface area contributed by atoms with Crippen LogP contribution in [0.1, 0.15) is 68.4 Å². The maximum atomic E-state index is 13.3. The number of ketones is 1. The second-order valence-corrected chi connectivity index (χ2v) is 11.1. The second kappa shape index (κ2) is 15.2.